The summed E-state index contributed by atoms with van der Waals surface area (Å²) in [6.45, 7) is 11.0. The van der Waals surface area contributed by atoms with E-state index in [1.54, 1.807) is 35.2 Å². The molecular weight excluding hydrogens is 687 g/mol. The van der Waals surface area contributed by atoms with Crippen LogP contribution < -0.4 is 5.32 Å². The number of nitrogens with zero attached hydrogens (tertiary/aromatic N) is 5. The summed E-state index contributed by atoms with van der Waals surface area (Å²) in [5, 5.41) is 12.4. The monoisotopic (exact) mass is 730 g/mol. The highest BCUT2D eigenvalue weighted by molar-refractivity contribution is 6.00. The predicted molar refractivity (Wildman–Crippen MR) is 202 cm³/mol. The van der Waals surface area contributed by atoms with E-state index in [4.69, 9.17) is 9.15 Å². The van der Waals surface area contributed by atoms with E-state index >= 15 is 0 Å². The number of furan rings is 1. The van der Waals surface area contributed by atoms with Crippen LogP contribution in [-0.4, -0.2) is 60.9 Å². The molecule has 54 heavy (non-hydrogen) atoms. The lowest BCUT2D eigenvalue weighted by Gasteiger charge is -2.32. The van der Waals surface area contributed by atoms with Crippen molar-refractivity contribution in [3.05, 3.63) is 130 Å². The molecule has 0 aliphatic carbocycles. The van der Waals surface area contributed by atoms with Crippen molar-refractivity contribution in [3.8, 4) is 11.1 Å². The molecule has 6 aromatic rings. The van der Waals surface area contributed by atoms with Gasteiger partial charge in [0, 0.05) is 46.6 Å². The quantitative estimate of drug-likeness (QED) is 0.152. The maximum absolute atomic E-state index is 14.2. The molecule has 1 aliphatic heterocycles. The van der Waals surface area contributed by atoms with Crippen molar-refractivity contribution in [1.82, 2.24) is 29.8 Å². The van der Waals surface area contributed by atoms with E-state index < -0.39 is 5.60 Å². The van der Waals surface area contributed by atoms with Crippen LogP contribution in [0, 0.1) is 19.7 Å². The molecule has 11 nitrogen and oxygen atoms in total. The van der Waals surface area contributed by atoms with Gasteiger partial charge < -0.3 is 23.9 Å². The van der Waals surface area contributed by atoms with Crippen molar-refractivity contribution in [2.75, 3.05) is 13.1 Å². The molecule has 3 aromatic carbocycles. The number of benzene rings is 3. The Bertz CT molecular complexity index is 2340. The summed E-state index contributed by atoms with van der Waals surface area (Å²) in [5.74, 6) is -0.722. The number of nitrogens with one attached hydrogen (secondary N) is 1. The number of fused-ring (bicyclic) bond motifs is 1. The fraction of sp³-hybridized carbons (Fsp3) is 0.310. The van der Waals surface area contributed by atoms with Crippen molar-refractivity contribution < 1.29 is 27.9 Å². The van der Waals surface area contributed by atoms with E-state index in [-0.39, 0.29) is 36.2 Å². The van der Waals surface area contributed by atoms with Gasteiger partial charge in [0.05, 0.1) is 30.9 Å². The summed E-state index contributed by atoms with van der Waals surface area (Å²) in [5.41, 5.74) is 5.34. The fourth-order valence-corrected chi connectivity index (χ4v) is 7.05. The van der Waals surface area contributed by atoms with E-state index in [0.29, 0.717) is 65.9 Å². The van der Waals surface area contributed by atoms with Gasteiger partial charge >= 0.3 is 5.97 Å². The van der Waals surface area contributed by atoms with Crippen LogP contribution in [0.2, 0.25) is 0 Å². The Kier molecular flexibility index (Phi) is 9.93. The predicted octanol–water partition coefficient (Wildman–Crippen LogP) is 7.66. The summed E-state index contributed by atoms with van der Waals surface area (Å²) < 4.78 is 29.8. The summed E-state index contributed by atoms with van der Waals surface area (Å²) >= 11 is 0. The summed E-state index contributed by atoms with van der Waals surface area (Å²) in [6, 6.07) is 22.5. The van der Waals surface area contributed by atoms with E-state index in [1.807, 2.05) is 86.5 Å². The highest BCUT2D eigenvalue weighted by Gasteiger charge is 2.27. The first kappa shape index (κ1) is 36.3. The smallest absolute Gasteiger partial charge is 0.340 e. The molecule has 278 valence electrons. The number of likely N-dealkylation sites (tertiary alicyclic amines) is 1. The second kappa shape index (κ2) is 14.8. The standard InChI is InChI=1S/C42H43FN6O5/c1-26-20-34(41(52)54-42(3,4)5)27(2)48(26)24-32-25-49(46-45-32)33-16-18-47(19-17-33)40(51)30-13-9-12-29(21-30)39(50)44-23-37-38(28-10-7-6-8-11-28)35-22-31(43)14-15-36(35)53-37/h6-15,20-22,25,33H,16-19,23-24H2,1-5H3,(H,44,50). The summed E-state index contributed by atoms with van der Waals surface area (Å²) in [6.07, 6.45) is 3.33. The zero-order valence-corrected chi connectivity index (χ0v) is 31.1. The number of aromatic nitrogens is 4. The topological polar surface area (TPSA) is 124 Å². The van der Waals surface area contributed by atoms with Gasteiger partial charge in [-0.05, 0) is 95.5 Å². The Morgan fingerprint density at radius 3 is 2.43 bits per heavy atom. The molecule has 1 saturated heterocycles. The van der Waals surface area contributed by atoms with Gasteiger partial charge in [0.25, 0.3) is 11.8 Å². The van der Waals surface area contributed by atoms with Crippen molar-refractivity contribution >= 4 is 28.8 Å². The molecule has 0 spiro atoms. The number of aryl methyl sites for hydroxylation is 1. The van der Waals surface area contributed by atoms with Gasteiger partial charge in [-0.3, -0.25) is 9.59 Å². The molecule has 0 atom stereocenters. The molecule has 3 aromatic heterocycles. The Morgan fingerprint density at radius 2 is 1.69 bits per heavy atom. The number of hydrogen-bond acceptors (Lipinski definition) is 7. The lowest BCUT2D eigenvalue weighted by Crippen LogP contribution is -2.39. The van der Waals surface area contributed by atoms with E-state index in [2.05, 4.69) is 15.6 Å². The van der Waals surface area contributed by atoms with E-state index in [0.717, 1.165) is 28.2 Å². The normalized spacial score (nSPS) is 13.7. The van der Waals surface area contributed by atoms with Crippen molar-refractivity contribution in [1.29, 1.82) is 0 Å². The minimum absolute atomic E-state index is 0.0760. The number of hydrogen-bond donors (Lipinski definition) is 1. The summed E-state index contributed by atoms with van der Waals surface area (Å²) in [4.78, 5) is 41.5. The first-order chi connectivity index (χ1) is 25.8. The molecule has 0 bridgehead atoms. The second-order valence-corrected chi connectivity index (χ2v) is 14.8. The van der Waals surface area contributed by atoms with Crippen molar-refractivity contribution in [2.24, 2.45) is 0 Å². The number of esters is 1. The molecule has 0 saturated carbocycles. The van der Waals surface area contributed by atoms with Crippen LogP contribution in [0.1, 0.15) is 93.6 Å². The van der Waals surface area contributed by atoms with Crippen LogP contribution in [0.3, 0.4) is 0 Å². The number of carbonyl (C=O) groups is 3. The van der Waals surface area contributed by atoms with Crippen LogP contribution in [0.5, 0.6) is 0 Å². The van der Waals surface area contributed by atoms with Gasteiger partial charge in [0.2, 0.25) is 0 Å². The van der Waals surface area contributed by atoms with Crippen LogP contribution in [-0.2, 0) is 17.8 Å². The van der Waals surface area contributed by atoms with Crippen LogP contribution in [0.15, 0.2) is 89.5 Å². The van der Waals surface area contributed by atoms with E-state index in [1.165, 1.54) is 12.1 Å². The van der Waals surface area contributed by atoms with Gasteiger partial charge in [0.1, 0.15) is 28.5 Å². The SMILES string of the molecule is Cc1cc(C(=O)OC(C)(C)C)c(C)n1Cc1cn(C2CCN(C(=O)c3cccc(C(=O)NCc4oc5ccc(F)cc5c4-c4ccccc4)c3)CC2)nn1. The van der Waals surface area contributed by atoms with Gasteiger partial charge in [-0.15, -0.1) is 5.10 Å². The molecule has 0 radical (unpaired) electrons. The molecular formula is C42H43FN6O5. The number of rotatable bonds is 9. The third kappa shape index (κ3) is 7.68. The van der Waals surface area contributed by atoms with Crippen molar-refractivity contribution in [2.45, 2.75) is 72.2 Å². The van der Waals surface area contributed by atoms with Gasteiger partial charge in [-0.25, -0.2) is 13.9 Å². The molecule has 1 aliphatic rings. The molecule has 12 heteroatoms. The minimum Gasteiger partial charge on any atom is -0.459 e. The second-order valence-electron chi connectivity index (χ2n) is 14.8. The van der Waals surface area contributed by atoms with Crippen molar-refractivity contribution in [3.63, 3.8) is 0 Å². The number of amides is 2. The van der Waals surface area contributed by atoms with Crippen LogP contribution in [0.4, 0.5) is 4.39 Å². The Balaban J connectivity index is 0.965. The molecule has 1 fully saturated rings. The maximum Gasteiger partial charge on any atom is 0.340 e. The van der Waals surface area contributed by atoms with E-state index in [9.17, 15) is 18.8 Å². The molecule has 2 amide bonds. The van der Waals surface area contributed by atoms with Crippen LogP contribution >= 0.6 is 0 Å². The highest BCUT2D eigenvalue weighted by atomic mass is 19.1. The highest BCUT2D eigenvalue weighted by Crippen LogP contribution is 2.35. The minimum atomic E-state index is -0.583. The fourth-order valence-electron chi connectivity index (χ4n) is 7.05. The Hall–Kier alpha value is -6.04. The average Bonchev–Trinajstić information content (AvgIpc) is 3.85. The molecule has 1 N–H and O–H groups in total. The lowest BCUT2D eigenvalue weighted by molar-refractivity contribution is 0.00683. The lowest BCUT2D eigenvalue weighted by atomic mass is 10.0. The third-order valence-electron chi connectivity index (χ3n) is 9.76. The average molecular weight is 731 g/mol. The van der Waals surface area contributed by atoms with Gasteiger partial charge in [-0.1, -0.05) is 41.6 Å². The Labute approximate surface area is 312 Å². The number of carbonyl (C=O) groups excluding carboxylic acids is 3. The molecule has 0 unspecified atom stereocenters. The maximum atomic E-state index is 14.2. The number of ether oxygens (including phenoxy) is 1. The van der Waals surface area contributed by atoms with Crippen LogP contribution in [0.25, 0.3) is 22.1 Å². The molecule has 7 rings (SSSR count). The van der Waals surface area contributed by atoms with Gasteiger partial charge in [-0.2, -0.15) is 0 Å². The number of halogens is 1. The molecule has 4 heterocycles. The Morgan fingerprint density at radius 1 is 0.944 bits per heavy atom. The largest absolute Gasteiger partial charge is 0.459 e. The zero-order valence-electron chi connectivity index (χ0n) is 31.1. The third-order valence-corrected chi connectivity index (χ3v) is 9.76. The first-order valence-electron chi connectivity index (χ1n) is 18.1. The summed E-state index contributed by atoms with van der Waals surface area (Å²) in [7, 11) is 0. The zero-order chi connectivity index (χ0) is 38.1. The number of piperidine rings is 1. The van der Waals surface area contributed by atoms with Gasteiger partial charge in [0.15, 0.2) is 0 Å². The first-order valence-corrected chi connectivity index (χ1v) is 18.1.